The van der Waals surface area contributed by atoms with Gasteiger partial charge in [-0.3, -0.25) is 14.2 Å². The fourth-order valence-electron chi connectivity index (χ4n) is 0.192. The van der Waals surface area contributed by atoms with Crippen molar-refractivity contribution in [3.63, 3.8) is 0 Å². The monoisotopic (exact) mass is 334 g/mol. The van der Waals surface area contributed by atoms with E-state index in [-0.39, 0.29) is 18.9 Å². The summed E-state index contributed by atoms with van der Waals surface area (Å²) in [6.07, 6.45) is -0.806. The van der Waals surface area contributed by atoms with Crippen molar-refractivity contribution in [2.45, 2.75) is 6.42 Å². The number of rotatable bonds is 2. The number of carbonyl (C=O) groups excluding carboxylic acids is 2. The van der Waals surface area contributed by atoms with Crippen molar-refractivity contribution in [2.75, 3.05) is 0 Å². The second-order valence-corrected chi connectivity index (χ2v) is 3.17. The van der Waals surface area contributed by atoms with Gasteiger partial charge in [0.25, 0.3) is 7.82 Å². The Labute approximate surface area is 125 Å². The van der Waals surface area contributed by atoms with E-state index >= 15 is 0 Å². The van der Waals surface area contributed by atoms with Gasteiger partial charge in [0.1, 0.15) is 6.42 Å². The number of carboxylic acid groups (broad SMARTS) is 2. The van der Waals surface area contributed by atoms with Crippen molar-refractivity contribution in [1.82, 2.24) is 0 Å². The van der Waals surface area contributed by atoms with E-state index in [0.717, 1.165) is 0 Å². The smallest absolute Gasteiger partial charge is 0.756 e. The third-order valence-corrected chi connectivity index (χ3v) is 0.609. The number of phosphoric acid groups is 1. The van der Waals surface area contributed by atoms with Crippen LogP contribution in [0, 0.1) is 0 Å². The first kappa shape index (κ1) is 27.7. The third kappa shape index (κ3) is 45.7. The van der Waals surface area contributed by atoms with Gasteiger partial charge >= 0.3 is 42.7 Å². The largest absolute Gasteiger partial charge is 1.00 e. The maximum atomic E-state index is 10.5. The molecule has 0 spiro atoms. The van der Waals surface area contributed by atoms with Crippen molar-refractivity contribution in [3.05, 3.63) is 0 Å². The number of aliphatic carboxylic acids is 2. The molecule has 0 bridgehead atoms. The Hall–Kier alpha value is -1.55. The van der Waals surface area contributed by atoms with Gasteiger partial charge in [-0.1, -0.05) is 0 Å². The number of carboxylic acids is 2. The van der Waals surface area contributed by atoms with E-state index < -0.39 is 38.1 Å². The molecule has 0 saturated heterocycles. The van der Waals surface area contributed by atoms with Crippen molar-refractivity contribution in [3.8, 4) is 0 Å². The third-order valence-electron chi connectivity index (χ3n) is 0.609. The molecule has 118 valence electrons. The first-order chi connectivity index (χ1) is 8.84. The minimum absolute atomic E-state index is 0. The van der Waals surface area contributed by atoms with Crippen molar-refractivity contribution in [1.29, 1.82) is 0 Å². The molecule has 0 unspecified atom stereocenters. The van der Waals surface area contributed by atoms with Crippen molar-refractivity contribution < 1.29 is 86.4 Å². The number of hydrogen-bond donors (Lipinski definition) is 4. The molecule has 0 fully saturated rings. The summed E-state index contributed by atoms with van der Waals surface area (Å²) < 4.78 is 29.8. The Morgan fingerprint density at radius 1 is 0.952 bits per heavy atom. The Kier molecular flexibility index (Phi) is 19.6. The molecule has 0 aromatic carbocycles. The molecule has 4 N–H and O–H groups in total. The number of hydrogen-bond acceptors (Lipinski definition) is 8. The van der Waals surface area contributed by atoms with Gasteiger partial charge < -0.3 is 24.9 Å². The molecule has 0 heterocycles. The van der Waals surface area contributed by atoms with E-state index in [0.29, 0.717) is 0 Å². The predicted octanol–water partition coefficient (Wildman–Crippen LogP) is -5.17. The molecule has 0 aromatic heterocycles. The topological polar surface area (TPSA) is 208 Å². The predicted molar refractivity (Wildman–Crippen MR) is 46.3 cm³/mol. The second-order valence-electron chi connectivity index (χ2n) is 2.18. The fraction of sp³-hybridized carbons (Fsp3) is 0.200. The standard InChI is InChI=1S/C3H4O4.C2F2O4.Li.H3O4P/c4-2(5)1-3(6)7;3-7-1(5)2(6)8-4;;1-5(2,3)4/h1H2,(H,4,5)(H,6,7);;;(H3,1,2,3,4)/q;;+1;/p-1. The Balaban J connectivity index is -0.000000103. The van der Waals surface area contributed by atoms with Gasteiger partial charge in [0, 0.05) is 9.05 Å². The molecule has 16 heteroatoms. The zero-order chi connectivity index (χ0) is 16.9. The number of carbonyl (C=O) groups is 4. The van der Waals surface area contributed by atoms with E-state index in [9.17, 15) is 28.2 Å². The van der Waals surface area contributed by atoms with Crippen LogP contribution in [0.25, 0.3) is 0 Å². The van der Waals surface area contributed by atoms with Gasteiger partial charge in [-0.15, -0.1) is 0 Å². The molecular formula is C5H6F2LiO12P. The SMILES string of the molecule is O=C(O)CC(=O)O.O=C(OF)C(=O)OF.O=P([O-])(O)O.[Li+]. The van der Waals surface area contributed by atoms with Crippen LogP contribution in [-0.2, 0) is 33.6 Å². The van der Waals surface area contributed by atoms with Crippen molar-refractivity contribution >= 4 is 31.7 Å². The van der Waals surface area contributed by atoms with E-state index in [4.69, 9.17) is 29.5 Å². The van der Waals surface area contributed by atoms with Crippen molar-refractivity contribution in [2.24, 2.45) is 0 Å². The van der Waals surface area contributed by atoms with E-state index in [1.807, 2.05) is 0 Å². The maximum Gasteiger partial charge on any atom is 1.00 e. The van der Waals surface area contributed by atoms with Crippen LogP contribution in [0.1, 0.15) is 6.42 Å². The summed E-state index contributed by atoms with van der Waals surface area (Å²) in [7, 11) is -4.89. The molecule has 12 nitrogen and oxygen atoms in total. The Bertz CT molecular complexity index is 359. The summed E-state index contributed by atoms with van der Waals surface area (Å²) >= 11 is 0. The van der Waals surface area contributed by atoms with Crippen LogP contribution in [0.2, 0.25) is 0 Å². The first-order valence-electron chi connectivity index (χ1n) is 3.70. The second kappa shape index (κ2) is 14.8. The molecule has 21 heavy (non-hydrogen) atoms. The van der Waals surface area contributed by atoms with Gasteiger partial charge in [-0.25, -0.2) is 19.5 Å². The van der Waals surface area contributed by atoms with Gasteiger partial charge in [0.15, 0.2) is 0 Å². The first-order valence-corrected chi connectivity index (χ1v) is 5.23. The number of halogens is 2. The summed E-state index contributed by atoms with van der Waals surface area (Å²) in [5.41, 5.74) is 0. The summed E-state index contributed by atoms with van der Waals surface area (Å²) in [5, 5.41) is 15.4. The van der Waals surface area contributed by atoms with Crippen LogP contribution < -0.4 is 23.8 Å². The van der Waals surface area contributed by atoms with Gasteiger partial charge in [0.2, 0.25) is 0 Å². The van der Waals surface area contributed by atoms with Gasteiger partial charge in [-0.05, 0) is 0 Å². The minimum Gasteiger partial charge on any atom is -0.756 e. The normalized spacial score (nSPS) is 8.43. The van der Waals surface area contributed by atoms with Crippen LogP contribution >= 0.6 is 7.82 Å². The van der Waals surface area contributed by atoms with E-state index in [1.54, 1.807) is 0 Å². The van der Waals surface area contributed by atoms with Crippen LogP contribution in [0.4, 0.5) is 9.05 Å². The molecule has 0 atom stereocenters. The summed E-state index contributed by atoms with van der Waals surface area (Å²) in [5.74, 6) is -6.67. The molecule has 0 amide bonds. The molecule has 0 aliphatic carbocycles. The Morgan fingerprint density at radius 2 is 1.14 bits per heavy atom. The average Bonchev–Trinajstić information content (AvgIpc) is 2.23. The zero-order valence-electron chi connectivity index (χ0n) is 9.97. The van der Waals surface area contributed by atoms with Crippen LogP contribution in [-0.4, -0.2) is 43.9 Å². The molecule has 0 rings (SSSR count). The molecular weight excluding hydrogens is 328 g/mol. The molecule has 0 radical (unpaired) electrons. The van der Waals surface area contributed by atoms with E-state index in [1.165, 1.54) is 0 Å². The summed E-state index contributed by atoms with van der Waals surface area (Å²) in [6, 6.07) is 0. The molecule has 0 aliphatic heterocycles. The van der Waals surface area contributed by atoms with Crippen LogP contribution in [0.3, 0.4) is 0 Å². The minimum atomic E-state index is -4.89. The average molecular weight is 334 g/mol. The molecule has 0 aromatic rings. The Morgan fingerprint density at radius 3 is 1.19 bits per heavy atom. The van der Waals surface area contributed by atoms with Crippen LogP contribution in [0.15, 0.2) is 0 Å². The van der Waals surface area contributed by atoms with E-state index in [2.05, 4.69) is 9.88 Å². The summed E-state index contributed by atoms with van der Waals surface area (Å²) in [4.78, 5) is 65.1. The maximum absolute atomic E-state index is 10.5. The fourth-order valence-corrected chi connectivity index (χ4v) is 0.192. The van der Waals surface area contributed by atoms with Crippen LogP contribution in [0.5, 0.6) is 0 Å². The van der Waals surface area contributed by atoms with Gasteiger partial charge in [0.05, 0.1) is 0 Å². The summed E-state index contributed by atoms with van der Waals surface area (Å²) in [6.45, 7) is 0. The van der Waals surface area contributed by atoms with Gasteiger partial charge in [-0.2, -0.15) is 0 Å². The zero-order valence-corrected chi connectivity index (χ0v) is 10.9. The molecule has 0 aliphatic rings. The molecule has 0 saturated carbocycles. The quantitative estimate of drug-likeness (QED) is 0.162.